The van der Waals surface area contributed by atoms with Crippen molar-refractivity contribution in [1.82, 2.24) is 36.1 Å². The molecule has 5 amide bonds. The van der Waals surface area contributed by atoms with Crippen molar-refractivity contribution in [3.63, 3.8) is 0 Å². The molecule has 0 bridgehead atoms. The Morgan fingerprint density at radius 2 is 1.79 bits per heavy atom. The highest BCUT2D eigenvalue weighted by Gasteiger charge is 2.43. The highest BCUT2D eigenvalue weighted by molar-refractivity contribution is 6.38. The molecule has 3 atom stereocenters. The van der Waals surface area contributed by atoms with Gasteiger partial charge in [0.1, 0.15) is 17.8 Å². The standard InChI is InChI=1S/C29H43N7O6/c1-5-7-9-19(23(38)27(41)33-18-11-12-18)34-26(40)21-10-8-15-36(21)28(42)24(29(3,4)6-2)35-22(37)17-32-25(39)20-16-30-13-14-31-20/h13-14,16,18-19,21,24H,5-12,15,17H2,1-4H3,(H,32,39)(H,33,41)(H,34,40)(H,35,37). The number of aromatic nitrogens is 2. The first kappa shape index (κ1) is 32.6. The lowest BCUT2D eigenvalue weighted by atomic mass is 9.80. The van der Waals surface area contributed by atoms with E-state index < -0.39 is 58.9 Å². The molecule has 2 fully saturated rings. The van der Waals surface area contributed by atoms with E-state index in [0.717, 1.165) is 19.3 Å². The van der Waals surface area contributed by atoms with Crippen LogP contribution in [0.1, 0.15) is 89.5 Å². The lowest BCUT2D eigenvalue weighted by Gasteiger charge is -2.37. The Balaban J connectivity index is 1.68. The van der Waals surface area contributed by atoms with Crippen molar-refractivity contribution in [3.05, 3.63) is 24.3 Å². The fourth-order valence-electron chi connectivity index (χ4n) is 4.73. The Kier molecular flexibility index (Phi) is 11.5. The highest BCUT2D eigenvalue weighted by atomic mass is 16.2. The molecule has 1 saturated carbocycles. The summed E-state index contributed by atoms with van der Waals surface area (Å²) in [6.45, 7) is 7.46. The van der Waals surface area contributed by atoms with E-state index in [1.54, 1.807) is 0 Å². The zero-order chi connectivity index (χ0) is 30.9. The predicted octanol–water partition coefficient (Wildman–Crippen LogP) is 0.641. The van der Waals surface area contributed by atoms with E-state index in [1.807, 2.05) is 27.7 Å². The largest absolute Gasteiger partial charge is 0.347 e. The number of amides is 5. The van der Waals surface area contributed by atoms with Crippen LogP contribution in [0.4, 0.5) is 0 Å². The van der Waals surface area contributed by atoms with Crippen LogP contribution in [0.25, 0.3) is 0 Å². The first-order valence-electron chi connectivity index (χ1n) is 14.8. The predicted molar refractivity (Wildman–Crippen MR) is 153 cm³/mol. The number of nitrogens with zero attached hydrogens (tertiary/aromatic N) is 3. The summed E-state index contributed by atoms with van der Waals surface area (Å²) in [4.78, 5) is 87.0. The number of Topliss-reactive ketones (excluding diaryl/α,β-unsaturated/α-hetero) is 1. The van der Waals surface area contributed by atoms with Crippen molar-refractivity contribution < 1.29 is 28.8 Å². The Labute approximate surface area is 246 Å². The van der Waals surface area contributed by atoms with Gasteiger partial charge in [0.2, 0.25) is 23.5 Å². The van der Waals surface area contributed by atoms with E-state index in [9.17, 15) is 28.8 Å². The maximum atomic E-state index is 13.9. The normalized spacial score (nSPS) is 18.0. The summed E-state index contributed by atoms with van der Waals surface area (Å²) in [5, 5.41) is 10.7. The molecule has 0 radical (unpaired) electrons. The van der Waals surface area contributed by atoms with Crippen LogP contribution < -0.4 is 21.3 Å². The van der Waals surface area contributed by atoms with Gasteiger partial charge in [-0.15, -0.1) is 0 Å². The average Bonchev–Trinajstić information content (AvgIpc) is 3.66. The zero-order valence-electron chi connectivity index (χ0n) is 24.9. The average molecular weight is 586 g/mol. The minimum Gasteiger partial charge on any atom is -0.347 e. The highest BCUT2D eigenvalue weighted by Crippen LogP contribution is 2.29. The fraction of sp³-hybridized carbons (Fsp3) is 0.655. The quantitative estimate of drug-likeness (QED) is 0.217. The van der Waals surface area contributed by atoms with E-state index in [1.165, 1.54) is 23.5 Å². The molecule has 1 aromatic heterocycles. The molecule has 1 aromatic rings. The monoisotopic (exact) mass is 585 g/mol. The number of likely N-dealkylation sites (tertiary alicyclic amines) is 1. The van der Waals surface area contributed by atoms with Crippen molar-refractivity contribution in [2.24, 2.45) is 5.41 Å². The second kappa shape index (κ2) is 14.8. The molecule has 13 nitrogen and oxygen atoms in total. The van der Waals surface area contributed by atoms with Gasteiger partial charge in [0, 0.05) is 25.0 Å². The van der Waals surface area contributed by atoms with Crippen LogP contribution in [0.2, 0.25) is 0 Å². The molecule has 4 N–H and O–H groups in total. The number of nitrogens with one attached hydrogen (secondary N) is 4. The summed E-state index contributed by atoms with van der Waals surface area (Å²) >= 11 is 0. The van der Waals surface area contributed by atoms with Crippen LogP contribution in [-0.2, 0) is 24.0 Å². The molecule has 3 unspecified atom stereocenters. The third-order valence-electron chi connectivity index (χ3n) is 7.90. The second-order valence-corrected chi connectivity index (χ2v) is 11.6. The van der Waals surface area contributed by atoms with Crippen LogP contribution in [0.5, 0.6) is 0 Å². The Bertz CT molecular complexity index is 1150. The lowest BCUT2D eigenvalue weighted by molar-refractivity contribution is -0.145. The van der Waals surface area contributed by atoms with E-state index in [2.05, 4.69) is 31.2 Å². The molecule has 1 saturated heterocycles. The molecular weight excluding hydrogens is 542 g/mol. The first-order chi connectivity index (χ1) is 20.0. The van der Waals surface area contributed by atoms with Gasteiger partial charge in [-0.05, 0) is 43.9 Å². The topological polar surface area (TPSA) is 180 Å². The molecule has 1 aliphatic heterocycles. The molecule has 0 aromatic carbocycles. The number of ketones is 1. The molecule has 13 heteroatoms. The molecule has 230 valence electrons. The van der Waals surface area contributed by atoms with Crippen molar-refractivity contribution in [3.8, 4) is 0 Å². The van der Waals surface area contributed by atoms with Gasteiger partial charge in [-0.2, -0.15) is 0 Å². The van der Waals surface area contributed by atoms with E-state index in [-0.39, 0.29) is 18.3 Å². The number of rotatable bonds is 15. The van der Waals surface area contributed by atoms with Crippen LogP contribution >= 0.6 is 0 Å². The van der Waals surface area contributed by atoms with Crippen molar-refractivity contribution in [2.75, 3.05) is 13.1 Å². The van der Waals surface area contributed by atoms with Crippen LogP contribution in [0.3, 0.4) is 0 Å². The number of carbonyl (C=O) groups is 6. The summed E-state index contributed by atoms with van der Waals surface area (Å²) in [5.74, 6) is -3.44. The van der Waals surface area contributed by atoms with Gasteiger partial charge in [0.25, 0.3) is 11.8 Å². The molecule has 1 aliphatic carbocycles. The zero-order valence-corrected chi connectivity index (χ0v) is 24.9. The third kappa shape index (κ3) is 8.80. The van der Waals surface area contributed by atoms with E-state index in [4.69, 9.17) is 0 Å². The molecule has 3 rings (SSSR count). The smallest absolute Gasteiger partial charge is 0.289 e. The van der Waals surface area contributed by atoms with E-state index in [0.29, 0.717) is 38.6 Å². The number of unbranched alkanes of at least 4 members (excludes halogenated alkanes) is 1. The molecule has 0 spiro atoms. The third-order valence-corrected chi connectivity index (χ3v) is 7.90. The molecular formula is C29H43N7O6. The Morgan fingerprint density at radius 3 is 2.40 bits per heavy atom. The first-order valence-corrected chi connectivity index (χ1v) is 14.8. The van der Waals surface area contributed by atoms with Crippen molar-refractivity contribution in [1.29, 1.82) is 0 Å². The van der Waals surface area contributed by atoms with Crippen LogP contribution in [0.15, 0.2) is 18.6 Å². The summed E-state index contributed by atoms with van der Waals surface area (Å²) in [7, 11) is 0. The number of carbonyl (C=O) groups excluding carboxylic acids is 6. The number of hydrogen-bond acceptors (Lipinski definition) is 8. The Hall–Kier alpha value is -3.90. The minimum absolute atomic E-state index is 0.0151. The molecule has 2 heterocycles. The van der Waals surface area contributed by atoms with Gasteiger partial charge in [0.05, 0.1) is 18.8 Å². The van der Waals surface area contributed by atoms with Crippen LogP contribution in [-0.4, -0.2) is 87.4 Å². The SMILES string of the molecule is CCCCC(NC(=O)C1CCCN1C(=O)C(NC(=O)CNC(=O)c1cnccn1)C(C)(C)CC)C(=O)C(=O)NC1CC1. The Morgan fingerprint density at radius 1 is 1.05 bits per heavy atom. The van der Waals surface area contributed by atoms with Gasteiger partial charge in [0.15, 0.2) is 0 Å². The van der Waals surface area contributed by atoms with Gasteiger partial charge < -0.3 is 26.2 Å². The summed E-state index contributed by atoms with van der Waals surface area (Å²) in [5.41, 5.74) is -0.621. The van der Waals surface area contributed by atoms with Gasteiger partial charge in [-0.3, -0.25) is 33.8 Å². The van der Waals surface area contributed by atoms with Gasteiger partial charge >= 0.3 is 0 Å². The van der Waals surface area contributed by atoms with Crippen LogP contribution in [0, 0.1) is 5.41 Å². The second-order valence-electron chi connectivity index (χ2n) is 11.6. The number of hydrogen-bond donors (Lipinski definition) is 4. The fourth-order valence-corrected chi connectivity index (χ4v) is 4.73. The van der Waals surface area contributed by atoms with Crippen molar-refractivity contribution in [2.45, 2.75) is 103 Å². The molecule has 42 heavy (non-hydrogen) atoms. The van der Waals surface area contributed by atoms with E-state index >= 15 is 0 Å². The van der Waals surface area contributed by atoms with Crippen molar-refractivity contribution >= 4 is 35.3 Å². The maximum Gasteiger partial charge on any atom is 0.289 e. The minimum atomic E-state index is -0.978. The summed E-state index contributed by atoms with van der Waals surface area (Å²) in [6, 6.07) is -2.78. The molecule has 2 aliphatic rings. The maximum absolute atomic E-state index is 13.9. The summed E-state index contributed by atoms with van der Waals surface area (Å²) in [6.07, 6.45) is 8.99. The van der Waals surface area contributed by atoms with Gasteiger partial charge in [-0.25, -0.2) is 4.98 Å². The lowest BCUT2D eigenvalue weighted by Crippen LogP contribution is -2.60. The summed E-state index contributed by atoms with van der Waals surface area (Å²) < 4.78 is 0. The van der Waals surface area contributed by atoms with Gasteiger partial charge in [-0.1, -0.05) is 40.5 Å².